The number of aromatic carboxylic acids is 1. The van der Waals surface area contributed by atoms with Crippen molar-refractivity contribution in [3.05, 3.63) is 77.5 Å². The van der Waals surface area contributed by atoms with Gasteiger partial charge in [0, 0.05) is 6.54 Å². The molecule has 0 saturated heterocycles. The van der Waals surface area contributed by atoms with Crippen molar-refractivity contribution < 1.29 is 24.2 Å². The number of esters is 1. The first-order valence-corrected chi connectivity index (χ1v) is 7.72. The van der Waals surface area contributed by atoms with Gasteiger partial charge in [-0.15, -0.1) is 0 Å². The first-order valence-electron chi connectivity index (χ1n) is 7.72. The van der Waals surface area contributed by atoms with Crippen LogP contribution in [0.4, 0.5) is 5.69 Å². The van der Waals surface area contributed by atoms with Crippen molar-refractivity contribution in [3.8, 4) is 0 Å². The molecule has 0 spiro atoms. The van der Waals surface area contributed by atoms with E-state index >= 15 is 0 Å². The third kappa shape index (κ3) is 5.20. The zero-order valence-corrected chi connectivity index (χ0v) is 14.1. The number of methoxy groups -OCH3 is 1. The lowest BCUT2D eigenvalue weighted by molar-refractivity contribution is -0.135. The first-order chi connectivity index (χ1) is 12.5. The fourth-order valence-electron chi connectivity index (χ4n) is 2.13. The normalized spacial score (nSPS) is 10.7. The number of carboxylic acid groups (broad SMARTS) is 1. The SMILES string of the molecule is COC(=O)/C=C(/Nc1ccccc1C(=O)O)C(=O)NCc1ccccc1. The molecular formula is C19H18N2O5. The Bertz CT molecular complexity index is 831. The predicted octanol–water partition coefficient (Wildman–Crippen LogP) is 2.17. The van der Waals surface area contributed by atoms with Crippen LogP contribution in [0, 0.1) is 0 Å². The molecule has 0 radical (unpaired) electrons. The minimum Gasteiger partial charge on any atom is -0.478 e. The molecule has 0 heterocycles. The van der Waals surface area contributed by atoms with Gasteiger partial charge in [-0.3, -0.25) is 4.79 Å². The molecular weight excluding hydrogens is 336 g/mol. The number of hydrogen-bond acceptors (Lipinski definition) is 5. The molecule has 0 saturated carbocycles. The Balaban J connectivity index is 2.21. The van der Waals surface area contributed by atoms with Crippen molar-refractivity contribution >= 4 is 23.5 Å². The Kier molecular flexibility index (Phi) is 6.50. The van der Waals surface area contributed by atoms with E-state index in [0.29, 0.717) is 0 Å². The van der Waals surface area contributed by atoms with Crippen LogP contribution >= 0.6 is 0 Å². The van der Waals surface area contributed by atoms with Crippen LogP contribution in [0.25, 0.3) is 0 Å². The summed E-state index contributed by atoms with van der Waals surface area (Å²) in [7, 11) is 1.18. The topological polar surface area (TPSA) is 105 Å². The molecule has 0 aliphatic heterocycles. The average Bonchev–Trinajstić information content (AvgIpc) is 2.66. The van der Waals surface area contributed by atoms with Crippen LogP contribution in [0.5, 0.6) is 0 Å². The number of amides is 1. The van der Waals surface area contributed by atoms with Gasteiger partial charge in [0.25, 0.3) is 5.91 Å². The summed E-state index contributed by atoms with van der Waals surface area (Å²) >= 11 is 0. The molecule has 0 aliphatic carbocycles. The van der Waals surface area contributed by atoms with Crippen molar-refractivity contribution in [3.63, 3.8) is 0 Å². The van der Waals surface area contributed by atoms with Crippen molar-refractivity contribution in [2.45, 2.75) is 6.54 Å². The highest BCUT2D eigenvalue weighted by atomic mass is 16.5. The molecule has 3 N–H and O–H groups in total. The van der Waals surface area contributed by atoms with E-state index in [1.807, 2.05) is 30.3 Å². The molecule has 0 fully saturated rings. The van der Waals surface area contributed by atoms with E-state index in [9.17, 15) is 19.5 Å². The number of para-hydroxylation sites is 1. The lowest BCUT2D eigenvalue weighted by Gasteiger charge is -2.13. The Labute approximate surface area is 150 Å². The van der Waals surface area contributed by atoms with Gasteiger partial charge < -0.3 is 20.5 Å². The molecule has 7 nitrogen and oxygen atoms in total. The van der Waals surface area contributed by atoms with E-state index in [4.69, 9.17) is 0 Å². The van der Waals surface area contributed by atoms with E-state index in [1.165, 1.54) is 19.2 Å². The summed E-state index contributed by atoms with van der Waals surface area (Å²) < 4.78 is 4.56. The summed E-state index contributed by atoms with van der Waals surface area (Å²) in [5, 5.41) is 14.6. The van der Waals surface area contributed by atoms with Crippen LogP contribution in [0.15, 0.2) is 66.4 Å². The van der Waals surface area contributed by atoms with Gasteiger partial charge in [0.05, 0.1) is 24.4 Å². The molecule has 2 rings (SSSR count). The van der Waals surface area contributed by atoms with Crippen LogP contribution in [0.2, 0.25) is 0 Å². The van der Waals surface area contributed by atoms with Gasteiger partial charge in [-0.05, 0) is 17.7 Å². The largest absolute Gasteiger partial charge is 0.478 e. The summed E-state index contributed by atoms with van der Waals surface area (Å²) in [6.07, 6.45) is 0.971. The highest BCUT2D eigenvalue weighted by Gasteiger charge is 2.16. The second-order valence-electron chi connectivity index (χ2n) is 5.23. The van der Waals surface area contributed by atoms with E-state index in [-0.39, 0.29) is 23.5 Å². The second-order valence-corrected chi connectivity index (χ2v) is 5.23. The van der Waals surface area contributed by atoms with Crippen LogP contribution in [-0.2, 0) is 20.9 Å². The Morgan fingerprint density at radius 1 is 1.04 bits per heavy atom. The summed E-state index contributed by atoms with van der Waals surface area (Å²) in [4.78, 5) is 35.3. The summed E-state index contributed by atoms with van der Waals surface area (Å²) in [6, 6.07) is 15.3. The third-order valence-electron chi connectivity index (χ3n) is 3.43. The lowest BCUT2D eigenvalue weighted by atomic mass is 10.1. The summed E-state index contributed by atoms with van der Waals surface area (Å²) in [6.45, 7) is 0.250. The fraction of sp³-hybridized carbons (Fsp3) is 0.105. The Hall–Kier alpha value is -3.61. The second kappa shape index (κ2) is 9.03. The number of rotatable bonds is 7. The first kappa shape index (κ1) is 18.7. The smallest absolute Gasteiger partial charge is 0.337 e. The minimum absolute atomic E-state index is 0.0286. The molecule has 2 aromatic carbocycles. The number of carbonyl (C=O) groups excluding carboxylic acids is 2. The highest BCUT2D eigenvalue weighted by molar-refractivity contribution is 6.03. The van der Waals surface area contributed by atoms with E-state index < -0.39 is 17.8 Å². The maximum absolute atomic E-state index is 12.5. The molecule has 26 heavy (non-hydrogen) atoms. The summed E-state index contributed by atoms with van der Waals surface area (Å²) in [5.41, 5.74) is 0.912. The number of carboxylic acids is 1. The molecule has 0 aromatic heterocycles. The lowest BCUT2D eigenvalue weighted by Crippen LogP contribution is -2.29. The molecule has 2 aromatic rings. The monoisotopic (exact) mass is 354 g/mol. The van der Waals surface area contributed by atoms with E-state index in [1.54, 1.807) is 12.1 Å². The van der Waals surface area contributed by atoms with Gasteiger partial charge >= 0.3 is 11.9 Å². The van der Waals surface area contributed by atoms with Crippen molar-refractivity contribution in [2.24, 2.45) is 0 Å². The Morgan fingerprint density at radius 2 is 1.69 bits per heavy atom. The highest BCUT2D eigenvalue weighted by Crippen LogP contribution is 2.17. The minimum atomic E-state index is -1.16. The van der Waals surface area contributed by atoms with Crippen molar-refractivity contribution in [2.75, 3.05) is 12.4 Å². The number of anilines is 1. The Morgan fingerprint density at radius 3 is 2.35 bits per heavy atom. The van der Waals surface area contributed by atoms with Gasteiger partial charge in [0.15, 0.2) is 0 Å². The van der Waals surface area contributed by atoms with E-state index in [2.05, 4.69) is 15.4 Å². The molecule has 0 aliphatic rings. The molecule has 0 atom stereocenters. The number of carbonyl (C=O) groups is 3. The van der Waals surface area contributed by atoms with Gasteiger partial charge in [-0.1, -0.05) is 42.5 Å². The number of ether oxygens (including phenoxy) is 1. The average molecular weight is 354 g/mol. The summed E-state index contributed by atoms with van der Waals surface area (Å²) in [5.74, 6) is -2.47. The molecule has 0 bridgehead atoms. The number of hydrogen-bond donors (Lipinski definition) is 3. The van der Waals surface area contributed by atoms with Crippen LogP contribution in [-0.4, -0.2) is 30.1 Å². The third-order valence-corrected chi connectivity index (χ3v) is 3.43. The number of nitrogens with one attached hydrogen (secondary N) is 2. The molecule has 7 heteroatoms. The zero-order valence-electron chi connectivity index (χ0n) is 14.1. The van der Waals surface area contributed by atoms with Crippen LogP contribution in [0.1, 0.15) is 15.9 Å². The predicted molar refractivity (Wildman–Crippen MR) is 95.4 cm³/mol. The molecule has 1 amide bonds. The standard InChI is InChI=1S/C19H18N2O5/c1-26-17(22)11-16(18(23)20-12-13-7-3-2-4-8-13)21-15-10-6-5-9-14(15)19(24)25/h2-11,21H,12H2,1H3,(H,20,23)(H,24,25)/b16-11+. The zero-order chi connectivity index (χ0) is 18.9. The van der Waals surface area contributed by atoms with Crippen molar-refractivity contribution in [1.29, 1.82) is 0 Å². The number of benzene rings is 2. The maximum atomic E-state index is 12.5. The fourth-order valence-corrected chi connectivity index (χ4v) is 2.13. The van der Waals surface area contributed by atoms with Gasteiger partial charge in [-0.2, -0.15) is 0 Å². The van der Waals surface area contributed by atoms with Crippen molar-refractivity contribution in [1.82, 2.24) is 5.32 Å². The van der Waals surface area contributed by atoms with E-state index in [0.717, 1.165) is 11.6 Å². The quantitative estimate of drug-likeness (QED) is 0.520. The molecule has 0 unspecified atom stereocenters. The van der Waals surface area contributed by atoms with Gasteiger partial charge in [0.2, 0.25) is 0 Å². The van der Waals surface area contributed by atoms with Gasteiger partial charge in [-0.25, -0.2) is 9.59 Å². The van der Waals surface area contributed by atoms with Crippen LogP contribution < -0.4 is 10.6 Å². The van der Waals surface area contributed by atoms with Gasteiger partial charge in [0.1, 0.15) is 5.70 Å². The maximum Gasteiger partial charge on any atom is 0.337 e. The van der Waals surface area contributed by atoms with Crippen LogP contribution in [0.3, 0.4) is 0 Å². The molecule has 134 valence electrons.